The Labute approximate surface area is 191 Å². The Balaban J connectivity index is 0.00000150. The van der Waals surface area contributed by atoms with Crippen LogP contribution < -0.4 is 0 Å². The van der Waals surface area contributed by atoms with Crippen LogP contribution in [0.3, 0.4) is 0 Å². The molecule has 0 amide bonds. The third-order valence-electron chi connectivity index (χ3n) is 6.86. The topological polar surface area (TPSA) is 0 Å². The zero-order valence-corrected chi connectivity index (χ0v) is 24.0. The minimum atomic E-state index is -3.20. The molecule has 0 N–H and O–H groups in total. The van der Waals surface area contributed by atoms with Crippen molar-refractivity contribution >= 4 is 43.8 Å². The van der Waals surface area contributed by atoms with E-state index >= 15 is 0 Å². The van der Waals surface area contributed by atoms with Gasteiger partial charge in [0.05, 0.1) is 0 Å². The third kappa shape index (κ3) is 3.96. The fourth-order valence-electron chi connectivity index (χ4n) is 5.72. The summed E-state index contributed by atoms with van der Waals surface area (Å²) in [6, 6.07) is 16.1. The molecule has 2 unspecified atom stereocenters. The standard InChI is InChI=1S/C14H17.C9H7.2CH3.2ClH.H2Si.Zr/c1-10-8-11-6-5-7-13(12(11)9-10)14(2,3)4;1-2-5-9-7-3-6-8(9)4-1;;;;;;/h5-9H,1-4H3;1-7H;2*1H3;2*1H;1H2;. The summed E-state index contributed by atoms with van der Waals surface area (Å²) < 4.78 is 6.64. The molecule has 2 aliphatic carbocycles. The number of rotatable bonds is 2. The van der Waals surface area contributed by atoms with Gasteiger partial charge in [-0.05, 0) is 0 Å². The van der Waals surface area contributed by atoms with Gasteiger partial charge in [0.25, 0.3) is 0 Å². The first-order chi connectivity index (χ1) is 12.5. The van der Waals surface area contributed by atoms with E-state index in [9.17, 15) is 0 Å². The zero-order chi connectivity index (χ0) is 19.6. The Morgan fingerprint density at radius 3 is 2.17 bits per heavy atom. The summed E-state index contributed by atoms with van der Waals surface area (Å²) in [5, 5.41) is 0. The number of halogens is 2. The van der Waals surface area contributed by atoms with Crippen molar-refractivity contribution in [3.05, 3.63) is 81.9 Å². The van der Waals surface area contributed by atoms with Crippen LogP contribution in [0.5, 0.6) is 0 Å². The Hall–Kier alpha value is -0.400. The first kappa shape index (κ1) is 24.9. The number of hydrogen-bond donors (Lipinski definition) is 0. The van der Waals surface area contributed by atoms with Crippen LogP contribution in [-0.4, -0.2) is 6.88 Å². The molecular formula is C25H34Cl2SiZr. The Bertz CT molecular complexity index is 1070. The number of allylic oxidation sites excluding steroid dienone is 2. The summed E-state index contributed by atoms with van der Waals surface area (Å²) in [4.78, 5) is 0. The second-order valence-corrected chi connectivity index (χ2v) is 41.4. The maximum absolute atomic E-state index is 3.20. The molecule has 0 heterocycles. The summed E-state index contributed by atoms with van der Waals surface area (Å²) in [5.41, 5.74) is 9.38. The summed E-state index contributed by atoms with van der Waals surface area (Å²) in [6.45, 7) is 11.8. The van der Waals surface area contributed by atoms with E-state index in [-0.39, 0.29) is 30.2 Å². The van der Waals surface area contributed by atoms with Gasteiger partial charge in [0, 0.05) is 0 Å². The monoisotopic (exact) mass is 522 g/mol. The van der Waals surface area contributed by atoms with Crippen LogP contribution in [0.1, 0.15) is 62.8 Å². The quantitative estimate of drug-likeness (QED) is 0.359. The average molecular weight is 525 g/mol. The van der Waals surface area contributed by atoms with Crippen LogP contribution in [0.15, 0.2) is 54.1 Å². The molecule has 0 aromatic heterocycles. The Morgan fingerprint density at radius 2 is 1.52 bits per heavy atom. The minimum absolute atomic E-state index is 0. The summed E-state index contributed by atoms with van der Waals surface area (Å²) in [6.07, 6.45) is 7.41. The van der Waals surface area contributed by atoms with Crippen LogP contribution in [0.4, 0.5) is 0 Å². The van der Waals surface area contributed by atoms with Crippen LogP contribution in [0.2, 0.25) is 9.26 Å². The Morgan fingerprint density at radius 1 is 0.897 bits per heavy atom. The van der Waals surface area contributed by atoms with Gasteiger partial charge in [0.15, 0.2) is 0 Å². The van der Waals surface area contributed by atoms with E-state index in [0.29, 0.717) is 7.25 Å². The van der Waals surface area contributed by atoms with Gasteiger partial charge in [-0.15, -0.1) is 24.8 Å². The average Bonchev–Trinajstić information content (AvgIpc) is 3.13. The van der Waals surface area contributed by atoms with Crippen molar-refractivity contribution in [3.63, 3.8) is 0 Å². The molecule has 4 rings (SSSR count). The van der Waals surface area contributed by atoms with Gasteiger partial charge in [-0.25, -0.2) is 0 Å². The molecular weight excluding hydrogens is 490 g/mol. The molecule has 0 saturated carbocycles. The normalized spacial score (nSPS) is 20.3. The minimum Gasteiger partial charge on any atom is -0.147 e. The smallest absolute Gasteiger partial charge is 0.147 e. The largest absolute Gasteiger partial charge is 0.147 e. The van der Waals surface area contributed by atoms with Gasteiger partial charge in [0.2, 0.25) is 0 Å². The zero-order valence-electron chi connectivity index (χ0n) is 18.5. The van der Waals surface area contributed by atoms with Crippen molar-refractivity contribution < 1.29 is 17.4 Å². The second kappa shape index (κ2) is 7.94. The van der Waals surface area contributed by atoms with Gasteiger partial charge in [-0.1, -0.05) is 0 Å². The van der Waals surface area contributed by atoms with Crippen LogP contribution in [-0.2, 0) is 22.8 Å². The molecule has 2 aliphatic rings. The fourth-order valence-corrected chi connectivity index (χ4v) is 23.9. The van der Waals surface area contributed by atoms with Gasteiger partial charge in [-0.3, -0.25) is 0 Å². The van der Waals surface area contributed by atoms with Crippen LogP contribution >= 0.6 is 24.8 Å². The molecule has 2 aromatic carbocycles. The van der Waals surface area contributed by atoms with E-state index in [1.54, 1.807) is 16.7 Å². The van der Waals surface area contributed by atoms with E-state index in [0.717, 1.165) is 0 Å². The van der Waals surface area contributed by atoms with E-state index in [2.05, 4.69) is 105 Å². The summed E-state index contributed by atoms with van der Waals surface area (Å²) in [7, 11) is 0. The van der Waals surface area contributed by atoms with E-state index in [4.69, 9.17) is 0 Å². The first-order valence-electron chi connectivity index (χ1n) is 10.2. The molecule has 4 heteroatoms. The van der Waals surface area contributed by atoms with Gasteiger partial charge in [-0.2, -0.15) is 0 Å². The SMILES string of the molecule is CC1=Cc2c(cccc2C(C)(C)C)[CH]1[Zr]([CH3])([CH3])(=[SiH2])[CH]1C=Cc2ccccc21.Cl.Cl. The molecule has 0 fully saturated rings. The maximum Gasteiger partial charge on any atom is -0.147 e. The number of fused-ring (bicyclic) bond motifs is 2. The molecule has 0 nitrogen and oxygen atoms in total. The van der Waals surface area contributed by atoms with Crippen molar-refractivity contribution in [2.75, 3.05) is 0 Å². The van der Waals surface area contributed by atoms with Crippen molar-refractivity contribution in [3.8, 4) is 0 Å². The van der Waals surface area contributed by atoms with Crippen molar-refractivity contribution in [2.45, 2.75) is 49.6 Å². The van der Waals surface area contributed by atoms with Crippen molar-refractivity contribution in [1.29, 1.82) is 0 Å². The Kier molecular flexibility index (Phi) is 6.81. The van der Waals surface area contributed by atoms with Gasteiger partial charge >= 0.3 is 168 Å². The first-order valence-corrected chi connectivity index (χ1v) is 23.8. The maximum atomic E-state index is 2.69. The van der Waals surface area contributed by atoms with Crippen molar-refractivity contribution in [1.82, 2.24) is 0 Å². The third-order valence-corrected chi connectivity index (χ3v) is 24.7. The predicted octanol–water partition coefficient (Wildman–Crippen LogP) is 7.39. The number of hydrogen-bond acceptors (Lipinski definition) is 0. The molecule has 0 radical (unpaired) electrons. The predicted molar refractivity (Wildman–Crippen MR) is 135 cm³/mol. The van der Waals surface area contributed by atoms with Gasteiger partial charge in [0.1, 0.15) is 0 Å². The van der Waals surface area contributed by atoms with E-state index < -0.39 is 17.4 Å². The molecule has 0 aliphatic heterocycles. The van der Waals surface area contributed by atoms with Crippen LogP contribution in [0, 0.1) is 0 Å². The molecule has 2 atom stereocenters. The molecule has 156 valence electrons. The van der Waals surface area contributed by atoms with Crippen LogP contribution in [0.25, 0.3) is 12.2 Å². The van der Waals surface area contributed by atoms with E-state index in [1.807, 2.05) is 0 Å². The molecule has 29 heavy (non-hydrogen) atoms. The summed E-state index contributed by atoms with van der Waals surface area (Å²) in [5.74, 6) is 0. The fraction of sp³-hybridized carbons (Fsp3) is 0.360. The molecule has 0 spiro atoms. The molecule has 2 aromatic rings. The van der Waals surface area contributed by atoms with E-state index in [1.165, 1.54) is 16.7 Å². The molecule has 0 saturated heterocycles. The molecule has 0 bridgehead atoms. The second-order valence-electron chi connectivity index (χ2n) is 10.8. The number of benzene rings is 2. The van der Waals surface area contributed by atoms with Gasteiger partial charge < -0.3 is 0 Å². The summed E-state index contributed by atoms with van der Waals surface area (Å²) >= 11 is -3.20. The van der Waals surface area contributed by atoms with Crippen molar-refractivity contribution in [2.24, 2.45) is 0 Å².